The van der Waals surface area contributed by atoms with Gasteiger partial charge in [0.2, 0.25) is 6.79 Å². The molecule has 1 aliphatic rings. The van der Waals surface area contributed by atoms with E-state index >= 15 is 0 Å². The third-order valence-electron chi connectivity index (χ3n) is 4.74. The predicted molar refractivity (Wildman–Crippen MR) is 116 cm³/mol. The highest BCUT2D eigenvalue weighted by Gasteiger charge is 2.18. The van der Waals surface area contributed by atoms with Crippen molar-refractivity contribution in [2.75, 3.05) is 21.0 Å². The quantitative estimate of drug-likeness (QED) is 0.532. The average molecular weight is 383 g/mol. The summed E-state index contributed by atoms with van der Waals surface area (Å²) < 4.78 is 22.1. The van der Waals surface area contributed by atoms with E-state index < -0.39 is 0 Å². The minimum absolute atomic E-state index is 0. The van der Waals surface area contributed by atoms with Crippen LogP contribution in [0.4, 0.5) is 0 Å². The van der Waals surface area contributed by atoms with Gasteiger partial charge in [0.15, 0.2) is 23.0 Å². The first-order valence-corrected chi connectivity index (χ1v) is 9.11. The number of fused-ring (bicyclic) bond motifs is 1. The molecular formula is C24H30O4. The first-order valence-electron chi connectivity index (χ1n) is 9.11. The molecule has 0 bridgehead atoms. The lowest BCUT2D eigenvalue weighted by Crippen LogP contribution is -1.96. The third kappa shape index (κ3) is 4.01. The van der Waals surface area contributed by atoms with E-state index in [1.54, 1.807) is 20.3 Å². The number of aryl methyl sites for hydroxylation is 1. The van der Waals surface area contributed by atoms with Gasteiger partial charge in [-0.05, 0) is 53.8 Å². The lowest BCUT2D eigenvalue weighted by atomic mass is 9.94. The summed E-state index contributed by atoms with van der Waals surface area (Å²) >= 11 is 0. The largest absolute Gasteiger partial charge is 0.493 e. The second kappa shape index (κ2) is 9.36. The Labute approximate surface area is 168 Å². The molecule has 1 heterocycles. The van der Waals surface area contributed by atoms with Gasteiger partial charge in [0.05, 0.1) is 14.2 Å². The van der Waals surface area contributed by atoms with Crippen LogP contribution in [0.1, 0.15) is 49.9 Å². The summed E-state index contributed by atoms with van der Waals surface area (Å²) in [6.07, 6.45) is 5.99. The van der Waals surface area contributed by atoms with Gasteiger partial charge in [-0.3, -0.25) is 0 Å². The van der Waals surface area contributed by atoms with Crippen LogP contribution in [-0.4, -0.2) is 21.0 Å². The number of hydrogen-bond acceptors (Lipinski definition) is 4. The van der Waals surface area contributed by atoms with E-state index in [-0.39, 0.29) is 14.2 Å². The monoisotopic (exact) mass is 382 g/mol. The molecule has 4 nitrogen and oxygen atoms in total. The molecule has 3 rings (SSSR count). The number of allylic oxidation sites excluding steroid dienone is 1. The Morgan fingerprint density at radius 3 is 2.46 bits per heavy atom. The molecule has 0 aliphatic carbocycles. The summed E-state index contributed by atoms with van der Waals surface area (Å²) in [6.45, 7) is 8.52. The summed E-state index contributed by atoms with van der Waals surface area (Å²) in [4.78, 5) is 0. The highest BCUT2D eigenvalue weighted by atomic mass is 16.7. The van der Waals surface area contributed by atoms with Crippen LogP contribution in [0.2, 0.25) is 0 Å². The Hall–Kier alpha value is -2.88. The van der Waals surface area contributed by atoms with Crippen LogP contribution in [0.3, 0.4) is 0 Å². The molecule has 1 aliphatic heterocycles. The smallest absolute Gasteiger partial charge is 0.231 e. The standard InChI is InChI=1S/C23H26O4.CH4/c1-6-8-16-12-21-22(27-14-26-21)13-19(16)15(3)11-17-9-10-20(24-4)23(25-5)18(17)7-2;/h7,9-13H,2,6,8,14H2,1,3-5H3;1H4/b15-11+;. The van der Waals surface area contributed by atoms with Crippen LogP contribution in [0, 0.1) is 0 Å². The van der Waals surface area contributed by atoms with Crippen molar-refractivity contribution in [3.63, 3.8) is 0 Å². The van der Waals surface area contributed by atoms with Crippen molar-refractivity contribution in [2.45, 2.75) is 34.1 Å². The van der Waals surface area contributed by atoms with Gasteiger partial charge in [0, 0.05) is 5.56 Å². The maximum atomic E-state index is 5.58. The minimum atomic E-state index is 0. The Bertz CT molecular complexity index is 881. The van der Waals surface area contributed by atoms with Crippen LogP contribution in [0.25, 0.3) is 17.7 Å². The Balaban J connectivity index is 0.00000280. The fourth-order valence-corrected chi connectivity index (χ4v) is 3.44. The molecule has 2 aromatic carbocycles. The summed E-state index contributed by atoms with van der Waals surface area (Å²) in [6, 6.07) is 8.11. The van der Waals surface area contributed by atoms with Gasteiger partial charge in [0.25, 0.3) is 0 Å². The molecule has 0 aromatic heterocycles. The fraction of sp³-hybridized carbons (Fsp3) is 0.333. The van der Waals surface area contributed by atoms with Crippen LogP contribution in [0.15, 0.2) is 30.8 Å². The number of methoxy groups -OCH3 is 2. The molecule has 0 saturated heterocycles. The normalized spacial score (nSPS) is 12.4. The highest BCUT2D eigenvalue weighted by Crippen LogP contribution is 2.39. The first-order chi connectivity index (χ1) is 13.1. The topological polar surface area (TPSA) is 36.9 Å². The summed E-state index contributed by atoms with van der Waals surface area (Å²) in [5.41, 5.74) is 5.52. The van der Waals surface area contributed by atoms with Gasteiger partial charge >= 0.3 is 0 Å². The van der Waals surface area contributed by atoms with Crippen molar-refractivity contribution in [2.24, 2.45) is 0 Å². The van der Waals surface area contributed by atoms with Crippen LogP contribution >= 0.6 is 0 Å². The van der Waals surface area contributed by atoms with E-state index in [4.69, 9.17) is 18.9 Å². The molecule has 0 N–H and O–H groups in total. The Kier molecular flexibility index (Phi) is 7.16. The first kappa shape index (κ1) is 21.4. The molecule has 0 saturated carbocycles. The highest BCUT2D eigenvalue weighted by molar-refractivity contribution is 5.86. The van der Waals surface area contributed by atoms with Gasteiger partial charge in [-0.2, -0.15) is 0 Å². The maximum absolute atomic E-state index is 5.58. The summed E-state index contributed by atoms with van der Waals surface area (Å²) in [7, 11) is 3.28. The van der Waals surface area contributed by atoms with E-state index in [0.717, 1.165) is 41.0 Å². The molecule has 150 valence electrons. The molecule has 0 radical (unpaired) electrons. The number of hydrogen-bond donors (Lipinski definition) is 0. The molecular weight excluding hydrogens is 352 g/mol. The van der Waals surface area contributed by atoms with E-state index in [1.165, 1.54) is 11.1 Å². The number of ether oxygens (including phenoxy) is 4. The van der Waals surface area contributed by atoms with Crippen molar-refractivity contribution >= 4 is 17.7 Å². The predicted octanol–water partition coefficient (Wildman–Crippen LogP) is 6.22. The second-order valence-electron chi connectivity index (χ2n) is 6.45. The summed E-state index contributed by atoms with van der Waals surface area (Å²) in [5, 5.41) is 0. The van der Waals surface area contributed by atoms with Crippen LogP contribution in [-0.2, 0) is 6.42 Å². The molecule has 0 fully saturated rings. The van der Waals surface area contributed by atoms with Crippen molar-refractivity contribution in [3.8, 4) is 23.0 Å². The Morgan fingerprint density at radius 2 is 1.86 bits per heavy atom. The maximum Gasteiger partial charge on any atom is 0.231 e. The molecule has 0 amide bonds. The second-order valence-corrected chi connectivity index (χ2v) is 6.45. The van der Waals surface area contributed by atoms with E-state index in [0.29, 0.717) is 11.5 Å². The fourth-order valence-electron chi connectivity index (χ4n) is 3.44. The lowest BCUT2D eigenvalue weighted by Gasteiger charge is -2.15. The van der Waals surface area contributed by atoms with E-state index in [2.05, 4.69) is 38.6 Å². The van der Waals surface area contributed by atoms with Gasteiger partial charge in [0.1, 0.15) is 0 Å². The molecule has 28 heavy (non-hydrogen) atoms. The van der Waals surface area contributed by atoms with Crippen molar-refractivity contribution in [3.05, 3.63) is 53.1 Å². The Morgan fingerprint density at radius 1 is 1.14 bits per heavy atom. The van der Waals surface area contributed by atoms with Gasteiger partial charge in [-0.1, -0.05) is 45.6 Å². The van der Waals surface area contributed by atoms with Crippen molar-refractivity contribution in [1.29, 1.82) is 0 Å². The molecule has 0 unspecified atom stereocenters. The van der Waals surface area contributed by atoms with Gasteiger partial charge < -0.3 is 18.9 Å². The van der Waals surface area contributed by atoms with Crippen LogP contribution in [0.5, 0.6) is 23.0 Å². The lowest BCUT2D eigenvalue weighted by molar-refractivity contribution is 0.174. The minimum Gasteiger partial charge on any atom is -0.493 e. The zero-order valence-electron chi connectivity index (χ0n) is 16.4. The zero-order chi connectivity index (χ0) is 19.4. The number of benzene rings is 2. The van der Waals surface area contributed by atoms with Gasteiger partial charge in [-0.25, -0.2) is 0 Å². The number of rotatable bonds is 7. The van der Waals surface area contributed by atoms with Gasteiger partial charge in [-0.15, -0.1) is 0 Å². The van der Waals surface area contributed by atoms with Crippen LogP contribution < -0.4 is 18.9 Å². The zero-order valence-corrected chi connectivity index (χ0v) is 16.4. The SMILES string of the molecule is C.C=Cc1c(/C=C(\C)c2cc3c(cc2CCC)OCO3)ccc(OC)c1OC. The average Bonchev–Trinajstić information content (AvgIpc) is 3.14. The molecule has 0 spiro atoms. The van der Waals surface area contributed by atoms with E-state index in [9.17, 15) is 0 Å². The molecule has 2 aromatic rings. The van der Waals surface area contributed by atoms with E-state index in [1.807, 2.05) is 12.1 Å². The van der Waals surface area contributed by atoms with Crippen molar-refractivity contribution < 1.29 is 18.9 Å². The summed E-state index contributed by atoms with van der Waals surface area (Å²) in [5.74, 6) is 3.01. The molecule has 0 atom stereocenters. The van der Waals surface area contributed by atoms with Crippen molar-refractivity contribution in [1.82, 2.24) is 0 Å². The third-order valence-corrected chi connectivity index (χ3v) is 4.74. The molecule has 4 heteroatoms.